The van der Waals surface area contributed by atoms with Gasteiger partial charge in [0.2, 0.25) is 5.91 Å². The molecule has 2 aromatic heterocycles. The molecule has 3 heterocycles. The predicted molar refractivity (Wildman–Crippen MR) is 93.3 cm³/mol. The molecule has 126 valence electrons. The van der Waals surface area contributed by atoms with Gasteiger partial charge in [-0.25, -0.2) is 9.97 Å². The summed E-state index contributed by atoms with van der Waals surface area (Å²) in [5, 5.41) is 0.582. The molecule has 2 aromatic rings. The number of piperazine rings is 1. The van der Waals surface area contributed by atoms with Crippen LogP contribution in [0.2, 0.25) is 5.02 Å². The quantitative estimate of drug-likeness (QED) is 0.831. The highest BCUT2D eigenvalue weighted by atomic mass is 35.5. The first-order valence-electron chi connectivity index (χ1n) is 7.75. The minimum absolute atomic E-state index is 0.0908. The molecule has 0 spiro atoms. The van der Waals surface area contributed by atoms with Crippen molar-refractivity contribution in [1.82, 2.24) is 19.9 Å². The first kappa shape index (κ1) is 16.4. The van der Waals surface area contributed by atoms with Crippen LogP contribution in [0.5, 0.6) is 0 Å². The van der Waals surface area contributed by atoms with Crippen LogP contribution in [0.4, 0.5) is 11.6 Å². The lowest BCUT2D eigenvalue weighted by molar-refractivity contribution is -0.129. The molecule has 0 bridgehead atoms. The van der Waals surface area contributed by atoms with E-state index in [4.69, 9.17) is 11.6 Å². The minimum atomic E-state index is 0.0908. The van der Waals surface area contributed by atoms with Crippen LogP contribution < -0.4 is 9.80 Å². The summed E-state index contributed by atoms with van der Waals surface area (Å²) in [6, 6.07) is 3.58. The van der Waals surface area contributed by atoms with E-state index < -0.39 is 0 Å². The topological polar surface area (TPSA) is 65.5 Å². The molecule has 0 N–H and O–H groups in total. The Balaban J connectivity index is 1.52. The van der Waals surface area contributed by atoms with Gasteiger partial charge in [-0.2, -0.15) is 0 Å². The number of carbonyl (C=O) groups excluding carboxylic acids is 1. The lowest BCUT2D eigenvalue weighted by atomic mass is 10.3. The van der Waals surface area contributed by atoms with E-state index in [2.05, 4.69) is 19.9 Å². The number of hydrogen-bond donors (Lipinski definition) is 0. The normalized spacial score (nSPS) is 14.6. The van der Waals surface area contributed by atoms with E-state index in [9.17, 15) is 4.79 Å². The fraction of sp³-hybridized carbons (Fsp3) is 0.375. The highest BCUT2D eigenvalue weighted by Crippen LogP contribution is 2.14. The predicted octanol–water partition coefficient (Wildman–Crippen LogP) is 1.31. The molecule has 7 nitrogen and oxygen atoms in total. The van der Waals surface area contributed by atoms with Crippen molar-refractivity contribution in [3.05, 3.63) is 41.9 Å². The SMILES string of the molecule is CN(CC(=O)N1CCN(c2cnccn2)CC1)c1ccc(Cl)cn1. The van der Waals surface area contributed by atoms with E-state index in [-0.39, 0.29) is 5.91 Å². The van der Waals surface area contributed by atoms with Gasteiger partial charge in [0.25, 0.3) is 0 Å². The van der Waals surface area contributed by atoms with E-state index in [0.717, 1.165) is 24.7 Å². The van der Waals surface area contributed by atoms with Gasteiger partial charge in [0.15, 0.2) is 0 Å². The Bertz CT molecular complexity index is 673. The van der Waals surface area contributed by atoms with Crippen molar-refractivity contribution in [3.8, 4) is 0 Å². The largest absolute Gasteiger partial charge is 0.352 e. The van der Waals surface area contributed by atoms with Gasteiger partial charge in [-0.1, -0.05) is 11.6 Å². The molecule has 1 aliphatic heterocycles. The van der Waals surface area contributed by atoms with Crippen molar-refractivity contribution >= 4 is 29.1 Å². The van der Waals surface area contributed by atoms with Crippen LogP contribution in [0.25, 0.3) is 0 Å². The van der Waals surface area contributed by atoms with Crippen LogP contribution in [0.1, 0.15) is 0 Å². The number of anilines is 2. The number of amides is 1. The number of carbonyl (C=O) groups is 1. The lowest BCUT2D eigenvalue weighted by Gasteiger charge is -2.36. The molecule has 0 aromatic carbocycles. The molecule has 0 saturated carbocycles. The van der Waals surface area contributed by atoms with Gasteiger partial charge in [-0.15, -0.1) is 0 Å². The van der Waals surface area contributed by atoms with Crippen LogP contribution in [0.15, 0.2) is 36.9 Å². The van der Waals surface area contributed by atoms with Crippen LogP contribution in [-0.2, 0) is 4.79 Å². The van der Waals surface area contributed by atoms with Gasteiger partial charge < -0.3 is 14.7 Å². The van der Waals surface area contributed by atoms with Crippen LogP contribution in [0, 0.1) is 0 Å². The van der Waals surface area contributed by atoms with Crippen molar-refractivity contribution in [1.29, 1.82) is 0 Å². The smallest absolute Gasteiger partial charge is 0.242 e. The molecule has 0 aliphatic carbocycles. The van der Waals surface area contributed by atoms with E-state index >= 15 is 0 Å². The third kappa shape index (κ3) is 3.91. The average molecular weight is 347 g/mol. The number of pyridine rings is 1. The Hall–Kier alpha value is -2.41. The summed E-state index contributed by atoms with van der Waals surface area (Å²) in [6.07, 6.45) is 6.67. The number of nitrogens with zero attached hydrogens (tertiary/aromatic N) is 6. The third-order valence-electron chi connectivity index (χ3n) is 3.98. The van der Waals surface area contributed by atoms with Crippen LogP contribution in [0.3, 0.4) is 0 Å². The number of hydrogen-bond acceptors (Lipinski definition) is 6. The monoisotopic (exact) mass is 346 g/mol. The number of aromatic nitrogens is 3. The summed E-state index contributed by atoms with van der Waals surface area (Å²) in [7, 11) is 1.85. The molecular formula is C16H19ClN6O. The molecule has 1 saturated heterocycles. The number of halogens is 1. The maximum atomic E-state index is 12.5. The first-order valence-corrected chi connectivity index (χ1v) is 8.13. The first-order chi connectivity index (χ1) is 11.6. The van der Waals surface area contributed by atoms with E-state index in [0.29, 0.717) is 24.7 Å². The Labute approximate surface area is 145 Å². The van der Waals surface area contributed by atoms with Crippen molar-refractivity contribution in [2.45, 2.75) is 0 Å². The molecule has 8 heteroatoms. The fourth-order valence-electron chi connectivity index (χ4n) is 2.62. The Morgan fingerprint density at radius 3 is 2.58 bits per heavy atom. The second-order valence-corrected chi connectivity index (χ2v) is 6.06. The average Bonchev–Trinajstić information content (AvgIpc) is 2.63. The highest BCUT2D eigenvalue weighted by Gasteiger charge is 2.22. The molecular weight excluding hydrogens is 328 g/mol. The minimum Gasteiger partial charge on any atom is -0.352 e. The fourth-order valence-corrected chi connectivity index (χ4v) is 2.73. The van der Waals surface area contributed by atoms with Crippen LogP contribution in [-0.4, -0.2) is 65.5 Å². The van der Waals surface area contributed by atoms with Gasteiger partial charge in [0, 0.05) is 51.8 Å². The molecule has 3 rings (SSSR count). The van der Waals surface area contributed by atoms with Gasteiger partial charge in [0.1, 0.15) is 11.6 Å². The summed E-state index contributed by atoms with van der Waals surface area (Å²) in [6.45, 7) is 3.16. The second kappa shape index (κ2) is 7.44. The lowest BCUT2D eigenvalue weighted by Crippen LogP contribution is -2.51. The molecule has 0 radical (unpaired) electrons. The van der Waals surface area contributed by atoms with Gasteiger partial charge in [-0.3, -0.25) is 9.78 Å². The molecule has 24 heavy (non-hydrogen) atoms. The zero-order chi connectivity index (χ0) is 16.9. The summed E-state index contributed by atoms with van der Waals surface area (Å²) in [5.41, 5.74) is 0. The highest BCUT2D eigenvalue weighted by molar-refractivity contribution is 6.30. The number of rotatable bonds is 4. The Morgan fingerprint density at radius 2 is 1.96 bits per heavy atom. The van der Waals surface area contributed by atoms with Crippen molar-refractivity contribution < 1.29 is 4.79 Å². The maximum Gasteiger partial charge on any atom is 0.242 e. The van der Waals surface area contributed by atoms with Crippen LogP contribution >= 0.6 is 11.6 Å². The second-order valence-electron chi connectivity index (χ2n) is 5.62. The van der Waals surface area contributed by atoms with E-state index in [1.165, 1.54) is 0 Å². The molecule has 0 atom stereocenters. The Morgan fingerprint density at radius 1 is 1.17 bits per heavy atom. The molecule has 1 amide bonds. The van der Waals surface area contributed by atoms with E-state index in [1.807, 2.05) is 22.9 Å². The van der Waals surface area contributed by atoms with Gasteiger partial charge >= 0.3 is 0 Å². The standard InChI is InChI=1S/C16H19ClN6O/c1-21(14-3-2-13(17)10-20-14)12-16(24)23-8-6-22(7-9-23)15-11-18-4-5-19-15/h2-5,10-11H,6-9,12H2,1H3. The number of likely N-dealkylation sites (N-methyl/N-ethyl adjacent to an activating group) is 1. The summed E-state index contributed by atoms with van der Waals surface area (Å²) >= 11 is 5.84. The van der Waals surface area contributed by atoms with E-state index in [1.54, 1.807) is 30.9 Å². The third-order valence-corrected chi connectivity index (χ3v) is 4.20. The summed E-state index contributed by atoms with van der Waals surface area (Å²) < 4.78 is 0. The zero-order valence-electron chi connectivity index (χ0n) is 13.5. The maximum absolute atomic E-state index is 12.5. The molecule has 1 aliphatic rings. The van der Waals surface area contributed by atoms with Crippen molar-refractivity contribution in [3.63, 3.8) is 0 Å². The molecule has 0 unspecified atom stereocenters. The van der Waals surface area contributed by atoms with Gasteiger partial charge in [0.05, 0.1) is 17.8 Å². The van der Waals surface area contributed by atoms with Crippen molar-refractivity contribution in [2.75, 3.05) is 49.6 Å². The van der Waals surface area contributed by atoms with Crippen molar-refractivity contribution in [2.24, 2.45) is 0 Å². The molecule has 1 fully saturated rings. The summed E-state index contributed by atoms with van der Waals surface area (Å²) in [5.74, 6) is 1.67. The summed E-state index contributed by atoms with van der Waals surface area (Å²) in [4.78, 5) is 30.9. The Kier molecular flexibility index (Phi) is 5.10. The van der Waals surface area contributed by atoms with Gasteiger partial charge in [-0.05, 0) is 12.1 Å². The zero-order valence-corrected chi connectivity index (χ0v) is 14.2.